The van der Waals surface area contributed by atoms with Crippen LogP contribution < -0.4 is 10.1 Å². The fraction of sp³-hybridized carbons (Fsp3) is 0.286. The molecule has 0 aromatic heterocycles. The molecular weight excluding hydrogens is 362 g/mol. The normalized spacial score (nSPS) is 11.3. The molecule has 28 heavy (non-hydrogen) atoms. The van der Waals surface area contributed by atoms with Gasteiger partial charge in [0.15, 0.2) is 6.10 Å². The minimum absolute atomic E-state index is 0.114. The van der Waals surface area contributed by atoms with Crippen molar-refractivity contribution < 1.29 is 28.6 Å². The van der Waals surface area contributed by atoms with Crippen LogP contribution in [0.1, 0.15) is 38.8 Å². The van der Waals surface area contributed by atoms with Gasteiger partial charge in [0.05, 0.1) is 25.3 Å². The maximum Gasteiger partial charge on any atom is 0.338 e. The molecule has 0 radical (unpaired) electrons. The zero-order chi connectivity index (χ0) is 20.8. The monoisotopic (exact) mass is 385 g/mol. The summed E-state index contributed by atoms with van der Waals surface area (Å²) in [6.45, 7) is 5.37. The number of ether oxygens (including phenoxy) is 3. The van der Waals surface area contributed by atoms with Crippen LogP contribution in [-0.4, -0.2) is 38.2 Å². The van der Waals surface area contributed by atoms with Gasteiger partial charge in [-0.1, -0.05) is 18.2 Å². The second-order valence-corrected chi connectivity index (χ2v) is 6.25. The van der Waals surface area contributed by atoms with E-state index >= 15 is 0 Å². The molecule has 0 heterocycles. The average molecular weight is 385 g/mol. The van der Waals surface area contributed by atoms with E-state index in [4.69, 9.17) is 14.2 Å². The summed E-state index contributed by atoms with van der Waals surface area (Å²) < 4.78 is 15.1. The largest absolute Gasteiger partial charge is 0.481 e. The Morgan fingerprint density at radius 2 is 1.39 bits per heavy atom. The Balaban J connectivity index is 2.24. The summed E-state index contributed by atoms with van der Waals surface area (Å²) in [7, 11) is 2.46. The van der Waals surface area contributed by atoms with Crippen LogP contribution in [0.5, 0.6) is 5.75 Å². The number of nitrogens with one attached hydrogen (secondary N) is 1. The van der Waals surface area contributed by atoms with Crippen LogP contribution in [0.25, 0.3) is 0 Å². The van der Waals surface area contributed by atoms with E-state index in [1.807, 2.05) is 32.0 Å². The van der Waals surface area contributed by atoms with Crippen LogP contribution in [0.2, 0.25) is 0 Å². The lowest BCUT2D eigenvalue weighted by Gasteiger charge is -2.18. The summed E-state index contributed by atoms with van der Waals surface area (Å²) in [4.78, 5) is 36.3. The summed E-state index contributed by atoms with van der Waals surface area (Å²) >= 11 is 0. The number of esters is 2. The van der Waals surface area contributed by atoms with E-state index in [0.29, 0.717) is 0 Å². The Morgan fingerprint density at radius 3 is 1.86 bits per heavy atom. The molecule has 0 spiro atoms. The van der Waals surface area contributed by atoms with Crippen molar-refractivity contribution in [3.63, 3.8) is 0 Å². The van der Waals surface area contributed by atoms with E-state index in [-0.39, 0.29) is 22.8 Å². The Labute approximate surface area is 163 Å². The highest BCUT2D eigenvalue weighted by molar-refractivity contribution is 5.97. The van der Waals surface area contributed by atoms with Crippen LogP contribution in [0.3, 0.4) is 0 Å². The second-order valence-electron chi connectivity index (χ2n) is 6.25. The maximum absolute atomic E-state index is 12.6. The van der Waals surface area contributed by atoms with Gasteiger partial charge in [-0.15, -0.1) is 0 Å². The minimum Gasteiger partial charge on any atom is -0.481 e. The van der Waals surface area contributed by atoms with Crippen molar-refractivity contribution in [1.29, 1.82) is 0 Å². The van der Waals surface area contributed by atoms with Crippen molar-refractivity contribution in [3.8, 4) is 5.75 Å². The number of carbonyl (C=O) groups is 3. The van der Waals surface area contributed by atoms with Gasteiger partial charge < -0.3 is 19.5 Å². The quantitative estimate of drug-likeness (QED) is 0.768. The average Bonchev–Trinajstić information content (AvgIpc) is 2.69. The van der Waals surface area contributed by atoms with E-state index in [1.54, 1.807) is 6.92 Å². The van der Waals surface area contributed by atoms with Gasteiger partial charge in [0.1, 0.15) is 5.75 Å². The summed E-state index contributed by atoms with van der Waals surface area (Å²) in [5.74, 6) is -1.46. The van der Waals surface area contributed by atoms with Crippen molar-refractivity contribution >= 4 is 23.5 Å². The first kappa shape index (κ1) is 21.0. The molecule has 0 fully saturated rings. The van der Waals surface area contributed by atoms with Gasteiger partial charge in [0, 0.05) is 5.69 Å². The molecule has 0 saturated heterocycles. The number of carbonyl (C=O) groups excluding carboxylic acids is 3. The van der Waals surface area contributed by atoms with Crippen molar-refractivity contribution in [2.24, 2.45) is 0 Å². The number of amides is 1. The molecule has 0 aliphatic rings. The molecule has 148 valence electrons. The predicted octanol–water partition coefficient (Wildman–Crippen LogP) is 3.28. The summed E-state index contributed by atoms with van der Waals surface area (Å²) in [6.07, 6.45) is -0.877. The molecule has 7 heteroatoms. The molecule has 1 N–H and O–H groups in total. The number of methoxy groups -OCH3 is 2. The number of hydrogen-bond donors (Lipinski definition) is 1. The lowest BCUT2D eigenvalue weighted by atomic mass is 10.1. The number of benzene rings is 2. The topological polar surface area (TPSA) is 90.9 Å². The Bertz CT molecular complexity index is 851. The van der Waals surface area contributed by atoms with Crippen molar-refractivity contribution in [3.05, 3.63) is 58.7 Å². The highest BCUT2D eigenvalue weighted by Gasteiger charge is 2.20. The molecule has 0 saturated carbocycles. The lowest BCUT2D eigenvalue weighted by Crippen LogP contribution is -2.30. The molecule has 0 aliphatic heterocycles. The van der Waals surface area contributed by atoms with Crippen LogP contribution in [0.4, 0.5) is 5.69 Å². The molecule has 0 bridgehead atoms. The van der Waals surface area contributed by atoms with Crippen LogP contribution in [-0.2, 0) is 14.3 Å². The van der Waals surface area contributed by atoms with Gasteiger partial charge >= 0.3 is 11.9 Å². The molecular formula is C21H23NO6. The van der Waals surface area contributed by atoms with Gasteiger partial charge in [-0.05, 0) is 50.1 Å². The second kappa shape index (κ2) is 9.03. The molecule has 2 aromatic carbocycles. The highest BCUT2D eigenvalue weighted by atomic mass is 16.5. The molecule has 2 rings (SSSR count). The molecule has 0 aliphatic carbocycles. The van der Waals surface area contributed by atoms with E-state index in [2.05, 4.69) is 5.32 Å². The standard InChI is InChI=1S/C21H23NO6/c1-12-7-6-8-13(2)18(12)22-19(23)14(3)28-17-10-15(20(24)26-4)9-16(11-17)21(25)27-5/h6-11,14H,1-5H3,(H,22,23)/t14-/m1/s1. The number of hydrogen-bond acceptors (Lipinski definition) is 6. The van der Waals surface area contributed by atoms with Gasteiger partial charge in [-0.2, -0.15) is 0 Å². The van der Waals surface area contributed by atoms with E-state index < -0.39 is 18.0 Å². The van der Waals surface area contributed by atoms with Crippen molar-refractivity contribution in [2.75, 3.05) is 19.5 Å². The van der Waals surface area contributed by atoms with Crippen molar-refractivity contribution in [1.82, 2.24) is 0 Å². The molecule has 1 amide bonds. The van der Waals surface area contributed by atoms with Gasteiger partial charge in [0.2, 0.25) is 0 Å². The van der Waals surface area contributed by atoms with E-state index in [0.717, 1.165) is 16.8 Å². The fourth-order valence-electron chi connectivity index (χ4n) is 2.63. The smallest absolute Gasteiger partial charge is 0.338 e. The molecule has 1 atom stereocenters. The van der Waals surface area contributed by atoms with E-state index in [9.17, 15) is 14.4 Å². The molecule has 0 unspecified atom stereocenters. The summed E-state index contributed by atoms with van der Waals surface area (Å²) in [5.41, 5.74) is 2.81. The first-order chi connectivity index (χ1) is 13.3. The molecule has 7 nitrogen and oxygen atoms in total. The van der Waals surface area contributed by atoms with Gasteiger partial charge in [0.25, 0.3) is 5.91 Å². The third-order valence-corrected chi connectivity index (χ3v) is 4.16. The number of rotatable bonds is 6. The van der Waals surface area contributed by atoms with Crippen LogP contribution >= 0.6 is 0 Å². The highest BCUT2D eigenvalue weighted by Crippen LogP contribution is 2.22. The number of anilines is 1. The lowest BCUT2D eigenvalue weighted by molar-refractivity contribution is -0.122. The first-order valence-corrected chi connectivity index (χ1v) is 8.62. The Kier molecular flexibility index (Phi) is 6.76. The zero-order valence-corrected chi connectivity index (χ0v) is 16.5. The summed E-state index contributed by atoms with van der Waals surface area (Å²) in [5, 5.41) is 2.85. The fourth-order valence-corrected chi connectivity index (χ4v) is 2.63. The van der Waals surface area contributed by atoms with Crippen molar-refractivity contribution in [2.45, 2.75) is 26.9 Å². The SMILES string of the molecule is COC(=O)c1cc(O[C@H](C)C(=O)Nc2c(C)cccc2C)cc(C(=O)OC)c1. The third-order valence-electron chi connectivity index (χ3n) is 4.16. The minimum atomic E-state index is -0.877. The molecule has 2 aromatic rings. The Morgan fingerprint density at radius 1 is 0.893 bits per heavy atom. The van der Waals surface area contributed by atoms with E-state index in [1.165, 1.54) is 32.4 Å². The number of aryl methyl sites for hydroxylation is 2. The van der Waals surface area contributed by atoms with Gasteiger partial charge in [-0.3, -0.25) is 4.79 Å². The summed E-state index contributed by atoms with van der Waals surface area (Å²) in [6, 6.07) is 9.86. The number of para-hydroxylation sites is 1. The van der Waals surface area contributed by atoms with Crippen LogP contribution in [0, 0.1) is 13.8 Å². The van der Waals surface area contributed by atoms with Gasteiger partial charge in [-0.25, -0.2) is 9.59 Å². The Hall–Kier alpha value is -3.35. The zero-order valence-electron chi connectivity index (χ0n) is 16.5. The van der Waals surface area contributed by atoms with Crippen LogP contribution in [0.15, 0.2) is 36.4 Å². The predicted molar refractivity (Wildman–Crippen MR) is 104 cm³/mol. The third kappa shape index (κ3) is 4.88. The first-order valence-electron chi connectivity index (χ1n) is 8.62. The maximum atomic E-state index is 12.6.